The minimum Gasteiger partial charge on any atom is -0.393 e. The van der Waals surface area contributed by atoms with Gasteiger partial charge in [0.1, 0.15) is 11.0 Å². The number of pyridine rings is 1. The fourth-order valence-corrected chi connectivity index (χ4v) is 1.66. The smallest absolute Gasteiger partial charge is 0.163 e. The zero-order valence-electron chi connectivity index (χ0n) is 9.64. The molecule has 0 aromatic carbocycles. The number of aliphatic hydroxyl groups is 1. The van der Waals surface area contributed by atoms with Crippen LogP contribution in [0.1, 0.15) is 12.5 Å². The molecule has 18 heavy (non-hydrogen) atoms. The van der Waals surface area contributed by atoms with E-state index in [1.54, 1.807) is 19.3 Å². The maximum Gasteiger partial charge on any atom is 0.163 e. The summed E-state index contributed by atoms with van der Waals surface area (Å²) in [6.07, 6.45) is 4.41. The number of hydrogen-bond donors (Lipinski definition) is 1. The standard InChI is InChI=1S/C12H11ClFN3O/c1-7(18)2-8-4-16-12(17-5-8)9-6-15-11(13)3-10(9)14/h3-7,18H,2H2,1H3. The minimum absolute atomic E-state index is 0.0852. The van der Waals surface area contributed by atoms with Crippen molar-refractivity contribution in [3.8, 4) is 11.4 Å². The average Bonchev–Trinajstić information content (AvgIpc) is 2.30. The van der Waals surface area contributed by atoms with E-state index in [2.05, 4.69) is 15.0 Å². The molecule has 0 aliphatic rings. The van der Waals surface area contributed by atoms with Gasteiger partial charge in [-0.15, -0.1) is 0 Å². The van der Waals surface area contributed by atoms with E-state index in [-0.39, 0.29) is 16.5 Å². The molecule has 4 nitrogen and oxygen atoms in total. The van der Waals surface area contributed by atoms with Gasteiger partial charge in [-0.1, -0.05) is 11.6 Å². The van der Waals surface area contributed by atoms with Crippen LogP contribution in [0.25, 0.3) is 11.4 Å². The number of aromatic nitrogens is 3. The van der Waals surface area contributed by atoms with Crippen molar-refractivity contribution >= 4 is 11.6 Å². The Morgan fingerprint density at radius 2 is 1.94 bits per heavy atom. The largest absolute Gasteiger partial charge is 0.393 e. The Kier molecular flexibility index (Phi) is 3.84. The van der Waals surface area contributed by atoms with E-state index in [4.69, 9.17) is 11.6 Å². The van der Waals surface area contributed by atoms with Crippen LogP contribution < -0.4 is 0 Å². The van der Waals surface area contributed by atoms with Crippen molar-refractivity contribution < 1.29 is 9.50 Å². The molecule has 0 bridgehead atoms. The van der Waals surface area contributed by atoms with Gasteiger partial charge in [-0.3, -0.25) is 0 Å². The van der Waals surface area contributed by atoms with Crippen LogP contribution in [0.3, 0.4) is 0 Å². The maximum atomic E-state index is 13.6. The van der Waals surface area contributed by atoms with Crippen molar-refractivity contribution in [3.05, 3.63) is 41.2 Å². The highest BCUT2D eigenvalue weighted by Gasteiger charge is 2.09. The molecule has 0 saturated heterocycles. The topological polar surface area (TPSA) is 58.9 Å². The summed E-state index contributed by atoms with van der Waals surface area (Å²) in [6.45, 7) is 1.68. The molecule has 0 aliphatic carbocycles. The zero-order valence-corrected chi connectivity index (χ0v) is 10.4. The fraction of sp³-hybridized carbons (Fsp3) is 0.250. The highest BCUT2D eigenvalue weighted by Crippen LogP contribution is 2.20. The zero-order chi connectivity index (χ0) is 13.1. The molecule has 2 heterocycles. The van der Waals surface area contributed by atoms with Crippen LogP contribution >= 0.6 is 11.6 Å². The van der Waals surface area contributed by atoms with Crippen molar-refractivity contribution in [2.24, 2.45) is 0 Å². The molecule has 1 N–H and O–H groups in total. The van der Waals surface area contributed by atoms with E-state index in [9.17, 15) is 9.50 Å². The molecule has 1 unspecified atom stereocenters. The molecule has 1 atom stereocenters. The Balaban J connectivity index is 2.28. The van der Waals surface area contributed by atoms with Crippen molar-refractivity contribution in [2.45, 2.75) is 19.4 Å². The van der Waals surface area contributed by atoms with Gasteiger partial charge in [0.2, 0.25) is 0 Å². The Hall–Kier alpha value is -1.59. The third kappa shape index (κ3) is 3.00. The maximum absolute atomic E-state index is 13.6. The Morgan fingerprint density at radius 1 is 1.28 bits per heavy atom. The number of nitrogens with zero attached hydrogens (tertiary/aromatic N) is 3. The molecule has 0 amide bonds. The summed E-state index contributed by atoms with van der Waals surface area (Å²) in [7, 11) is 0. The molecule has 0 aliphatic heterocycles. The number of hydrogen-bond acceptors (Lipinski definition) is 4. The van der Waals surface area contributed by atoms with Gasteiger partial charge in [-0.05, 0) is 12.5 Å². The van der Waals surface area contributed by atoms with Gasteiger partial charge in [-0.2, -0.15) is 0 Å². The van der Waals surface area contributed by atoms with E-state index in [0.29, 0.717) is 6.42 Å². The monoisotopic (exact) mass is 267 g/mol. The summed E-state index contributed by atoms with van der Waals surface area (Å²) in [5.74, 6) is -0.274. The van der Waals surface area contributed by atoms with E-state index in [0.717, 1.165) is 11.6 Å². The third-order valence-corrected chi connectivity index (χ3v) is 2.50. The van der Waals surface area contributed by atoms with Crippen LogP contribution in [0.5, 0.6) is 0 Å². The Labute approximate surface area is 109 Å². The lowest BCUT2D eigenvalue weighted by atomic mass is 10.1. The van der Waals surface area contributed by atoms with Gasteiger partial charge in [0, 0.05) is 31.1 Å². The SMILES string of the molecule is CC(O)Cc1cnc(-c2cnc(Cl)cc2F)nc1. The van der Waals surface area contributed by atoms with Crippen molar-refractivity contribution in [3.63, 3.8) is 0 Å². The lowest BCUT2D eigenvalue weighted by Crippen LogP contribution is -2.05. The summed E-state index contributed by atoms with van der Waals surface area (Å²) in [5, 5.41) is 9.31. The highest BCUT2D eigenvalue weighted by atomic mass is 35.5. The fourth-order valence-electron chi connectivity index (χ4n) is 1.51. The highest BCUT2D eigenvalue weighted by molar-refractivity contribution is 6.29. The predicted molar refractivity (Wildman–Crippen MR) is 65.6 cm³/mol. The van der Waals surface area contributed by atoms with Crippen LogP contribution in [0.15, 0.2) is 24.7 Å². The van der Waals surface area contributed by atoms with E-state index >= 15 is 0 Å². The first-order valence-electron chi connectivity index (χ1n) is 5.36. The Morgan fingerprint density at radius 3 is 2.50 bits per heavy atom. The molecule has 0 fully saturated rings. The molecule has 0 saturated carbocycles. The van der Waals surface area contributed by atoms with Crippen LogP contribution in [0.2, 0.25) is 5.15 Å². The molecule has 2 aromatic rings. The summed E-state index contributed by atoms with van der Waals surface area (Å²) in [4.78, 5) is 11.9. The molecular weight excluding hydrogens is 257 g/mol. The molecule has 94 valence electrons. The van der Waals surface area contributed by atoms with E-state index in [1.807, 2.05) is 0 Å². The second-order valence-electron chi connectivity index (χ2n) is 3.95. The Bertz CT molecular complexity index is 546. The van der Waals surface area contributed by atoms with Crippen molar-refractivity contribution in [2.75, 3.05) is 0 Å². The second kappa shape index (κ2) is 5.37. The number of aliphatic hydroxyl groups excluding tert-OH is 1. The first-order valence-corrected chi connectivity index (χ1v) is 5.74. The molecular formula is C12H11ClFN3O. The summed E-state index contributed by atoms with van der Waals surface area (Å²) in [5.41, 5.74) is 0.985. The normalized spacial score (nSPS) is 12.4. The molecule has 6 heteroatoms. The summed E-state index contributed by atoms with van der Waals surface area (Å²) < 4.78 is 13.6. The van der Waals surface area contributed by atoms with Crippen LogP contribution in [-0.2, 0) is 6.42 Å². The lowest BCUT2D eigenvalue weighted by molar-refractivity contribution is 0.195. The molecule has 0 radical (unpaired) electrons. The van der Waals surface area contributed by atoms with Crippen LogP contribution in [0, 0.1) is 5.82 Å². The first kappa shape index (κ1) is 12.9. The van der Waals surface area contributed by atoms with E-state index < -0.39 is 11.9 Å². The van der Waals surface area contributed by atoms with Crippen LogP contribution in [-0.4, -0.2) is 26.2 Å². The molecule has 0 spiro atoms. The van der Waals surface area contributed by atoms with E-state index in [1.165, 1.54) is 6.20 Å². The van der Waals surface area contributed by atoms with Gasteiger partial charge < -0.3 is 5.11 Å². The first-order chi connectivity index (χ1) is 8.56. The quantitative estimate of drug-likeness (QED) is 0.867. The van der Waals surface area contributed by atoms with Crippen molar-refractivity contribution in [1.82, 2.24) is 15.0 Å². The molecule has 2 rings (SSSR count). The van der Waals surface area contributed by atoms with Gasteiger partial charge >= 0.3 is 0 Å². The van der Waals surface area contributed by atoms with Gasteiger partial charge in [-0.25, -0.2) is 19.3 Å². The third-order valence-electron chi connectivity index (χ3n) is 2.30. The van der Waals surface area contributed by atoms with Gasteiger partial charge in [0.05, 0.1) is 11.7 Å². The second-order valence-corrected chi connectivity index (χ2v) is 4.34. The summed E-state index contributed by atoms with van der Waals surface area (Å²) >= 11 is 5.57. The molecule has 2 aromatic heterocycles. The number of rotatable bonds is 3. The van der Waals surface area contributed by atoms with Crippen molar-refractivity contribution in [1.29, 1.82) is 0 Å². The summed E-state index contributed by atoms with van der Waals surface area (Å²) in [6, 6.07) is 1.12. The average molecular weight is 268 g/mol. The lowest BCUT2D eigenvalue weighted by Gasteiger charge is -2.05. The predicted octanol–water partition coefficient (Wildman–Crippen LogP) is 2.25. The van der Waals surface area contributed by atoms with Gasteiger partial charge in [0.25, 0.3) is 0 Å². The van der Waals surface area contributed by atoms with Gasteiger partial charge in [0.15, 0.2) is 5.82 Å². The minimum atomic E-state index is -0.515. The van der Waals surface area contributed by atoms with Crippen LogP contribution in [0.4, 0.5) is 4.39 Å². The number of halogens is 2.